The number of hydrogen-bond acceptors (Lipinski definition) is 5. The second kappa shape index (κ2) is 6.40. The van der Waals surface area contributed by atoms with E-state index in [1.807, 2.05) is 18.2 Å². The van der Waals surface area contributed by atoms with Gasteiger partial charge in [0.25, 0.3) is 0 Å². The summed E-state index contributed by atoms with van der Waals surface area (Å²) < 4.78 is 0. The molecule has 2 N–H and O–H groups in total. The molecule has 7 heteroatoms. The number of hydrogen-bond donors (Lipinski definition) is 2. The quantitative estimate of drug-likeness (QED) is 0.704. The Labute approximate surface area is 130 Å². The number of pyridine rings is 1. The highest BCUT2D eigenvalue weighted by atomic mass is 32.2. The summed E-state index contributed by atoms with van der Waals surface area (Å²) in [7, 11) is 0. The number of aromatic carboxylic acids is 1. The zero-order valence-corrected chi connectivity index (χ0v) is 12.2. The lowest BCUT2D eigenvalue weighted by molar-refractivity contribution is 0.0697. The Morgan fingerprint density at radius 1 is 1.23 bits per heavy atom. The van der Waals surface area contributed by atoms with Crippen molar-refractivity contribution < 1.29 is 9.90 Å². The SMILES string of the molecule is O=C(O)c1cccc(CSc2n[nH]c(-c3ccncc3)n2)c1. The molecule has 0 aliphatic rings. The number of carboxylic acid groups (broad SMARTS) is 1. The van der Waals surface area contributed by atoms with Gasteiger partial charge in [-0.25, -0.2) is 9.78 Å². The summed E-state index contributed by atoms with van der Waals surface area (Å²) in [6.07, 6.45) is 3.39. The molecule has 3 rings (SSSR count). The number of carboxylic acids is 1. The lowest BCUT2D eigenvalue weighted by atomic mass is 10.1. The molecule has 0 unspecified atom stereocenters. The Balaban J connectivity index is 1.69. The lowest BCUT2D eigenvalue weighted by Crippen LogP contribution is -1.96. The molecular weight excluding hydrogens is 300 g/mol. The summed E-state index contributed by atoms with van der Waals surface area (Å²) in [6.45, 7) is 0. The summed E-state index contributed by atoms with van der Waals surface area (Å²) in [5.74, 6) is 0.364. The standard InChI is InChI=1S/C15H12N4O2S/c20-14(21)12-3-1-2-10(8-12)9-22-15-17-13(18-19-15)11-4-6-16-7-5-11/h1-8H,9H2,(H,20,21)(H,17,18,19). The summed E-state index contributed by atoms with van der Waals surface area (Å²) >= 11 is 1.45. The van der Waals surface area contributed by atoms with Gasteiger partial charge in [0, 0.05) is 23.7 Å². The van der Waals surface area contributed by atoms with Gasteiger partial charge >= 0.3 is 5.97 Å². The van der Waals surface area contributed by atoms with Crippen molar-refractivity contribution in [3.05, 3.63) is 59.9 Å². The molecule has 2 aromatic heterocycles. The topological polar surface area (TPSA) is 91.8 Å². The van der Waals surface area contributed by atoms with Crippen LogP contribution in [-0.4, -0.2) is 31.2 Å². The van der Waals surface area contributed by atoms with Crippen LogP contribution in [0.3, 0.4) is 0 Å². The third-order valence-corrected chi connectivity index (χ3v) is 3.88. The van der Waals surface area contributed by atoms with Crippen molar-refractivity contribution >= 4 is 17.7 Å². The number of thioether (sulfide) groups is 1. The largest absolute Gasteiger partial charge is 0.478 e. The molecule has 0 saturated heterocycles. The van der Waals surface area contributed by atoms with E-state index in [1.54, 1.807) is 30.6 Å². The van der Waals surface area contributed by atoms with E-state index in [1.165, 1.54) is 11.8 Å². The zero-order valence-electron chi connectivity index (χ0n) is 11.4. The number of benzene rings is 1. The van der Waals surface area contributed by atoms with Crippen LogP contribution < -0.4 is 0 Å². The van der Waals surface area contributed by atoms with Crippen molar-refractivity contribution in [3.63, 3.8) is 0 Å². The summed E-state index contributed by atoms with van der Waals surface area (Å²) in [5, 5.41) is 16.6. The fourth-order valence-corrected chi connectivity index (χ4v) is 2.63. The Hall–Kier alpha value is -2.67. The third kappa shape index (κ3) is 3.32. The number of rotatable bonds is 5. The Bertz CT molecular complexity index is 789. The van der Waals surface area contributed by atoms with Crippen molar-refractivity contribution in [3.8, 4) is 11.4 Å². The maximum Gasteiger partial charge on any atom is 0.335 e. The molecule has 2 heterocycles. The molecule has 110 valence electrons. The number of nitrogens with one attached hydrogen (secondary N) is 1. The molecule has 1 aromatic carbocycles. The summed E-state index contributed by atoms with van der Waals surface area (Å²) in [5.41, 5.74) is 2.12. The monoisotopic (exact) mass is 312 g/mol. The maximum atomic E-state index is 10.9. The molecule has 0 saturated carbocycles. The number of aromatic nitrogens is 4. The second-order valence-electron chi connectivity index (χ2n) is 4.50. The van der Waals surface area contributed by atoms with E-state index in [0.717, 1.165) is 11.1 Å². The Morgan fingerprint density at radius 3 is 2.82 bits per heavy atom. The molecule has 0 fully saturated rings. The second-order valence-corrected chi connectivity index (χ2v) is 5.44. The lowest BCUT2D eigenvalue weighted by Gasteiger charge is -2.00. The predicted molar refractivity (Wildman–Crippen MR) is 82.6 cm³/mol. The van der Waals surface area contributed by atoms with E-state index in [2.05, 4.69) is 20.2 Å². The van der Waals surface area contributed by atoms with E-state index < -0.39 is 5.97 Å². The minimum atomic E-state index is -0.926. The van der Waals surface area contributed by atoms with Gasteiger partial charge in [-0.3, -0.25) is 10.1 Å². The summed E-state index contributed by atoms with van der Waals surface area (Å²) in [4.78, 5) is 19.3. The van der Waals surface area contributed by atoms with Crippen LogP contribution in [0.4, 0.5) is 0 Å². The number of carbonyl (C=O) groups is 1. The first-order chi connectivity index (χ1) is 10.7. The molecule has 0 bridgehead atoms. The maximum absolute atomic E-state index is 10.9. The van der Waals surface area contributed by atoms with Crippen LogP contribution in [0.15, 0.2) is 53.9 Å². The Kier molecular flexibility index (Phi) is 4.15. The van der Waals surface area contributed by atoms with Gasteiger partial charge in [0.2, 0.25) is 5.16 Å². The van der Waals surface area contributed by atoms with Crippen LogP contribution in [0.25, 0.3) is 11.4 Å². The fourth-order valence-electron chi connectivity index (χ4n) is 1.89. The van der Waals surface area contributed by atoms with Crippen molar-refractivity contribution in [2.24, 2.45) is 0 Å². The van der Waals surface area contributed by atoms with Gasteiger partial charge in [0.05, 0.1) is 5.56 Å². The van der Waals surface area contributed by atoms with Crippen LogP contribution in [-0.2, 0) is 5.75 Å². The Morgan fingerprint density at radius 2 is 2.05 bits per heavy atom. The van der Waals surface area contributed by atoms with Gasteiger partial charge < -0.3 is 5.11 Å². The molecule has 3 aromatic rings. The van der Waals surface area contributed by atoms with Crippen molar-refractivity contribution in [2.45, 2.75) is 10.9 Å². The van der Waals surface area contributed by atoms with E-state index in [0.29, 0.717) is 16.7 Å². The predicted octanol–water partition coefficient (Wildman–Crippen LogP) is 2.86. The first-order valence-electron chi connectivity index (χ1n) is 6.50. The van der Waals surface area contributed by atoms with Crippen LogP contribution in [0.5, 0.6) is 0 Å². The molecule has 0 atom stereocenters. The molecular formula is C15H12N4O2S. The normalized spacial score (nSPS) is 10.5. The number of aromatic amines is 1. The van der Waals surface area contributed by atoms with Crippen LogP contribution in [0.1, 0.15) is 15.9 Å². The van der Waals surface area contributed by atoms with E-state index in [9.17, 15) is 4.79 Å². The van der Waals surface area contributed by atoms with Crippen LogP contribution >= 0.6 is 11.8 Å². The van der Waals surface area contributed by atoms with Gasteiger partial charge in [-0.05, 0) is 29.8 Å². The molecule has 0 spiro atoms. The zero-order chi connectivity index (χ0) is 15.4. The van der Waals surface area contributed by atoms with Gasteiger partial charge in [-0.2, -0.15) is 0 Å². The van der Waals surface area contributed by atoms with Gasteiger partial charge in [-0.1, -0.05) is 23.9 Å². The van der Waals surface area contributed by atoms with E-state index in [4.69, 9.17) is 5.11 Å². The minimum Gasteiger partial charge on any atom is -0.478 e. The highest BCUT2D eigenvalue weighted by Crippen LogP contribution is 2.22. The number of H-pyrrole nitrogens is 1. The highest BCUT2D eigenvalue weighted by Gasteiger charge is 2.07. The first-order valence-corrected chi connectivity index (χ1v) is 7.49. The molecule has 0 aliphatic carbocycles. The smallest absolute Gasteiger partial charge is 0.335 e. The minimum absolute atomic E-state index is 0.283. The fraction of sp³-hybridized carbons (Fsp3) is 0.0667. The van der Waals surface area contributed by atoms with Crippen molar-refractivity contribution in [2.75, 3.05) is 0 Å². The molecule has 0 radical (unpaired) electrons. The highest BCUT2D eigenvalue weighted by molar-refractivity contribution is 7.98. The molecule has 0 aliphatic heterocycles. The average molecular weight is 312 g/mol. The van der Waals surface area contributed by atoms with Crippen molar-refractivity contribution in [1.29, 1.82) is 0 Å². The average Bonchev–Trinajstić information content (AvgIpc) is 3.03. The first kappa shape index (κ1) is 14.3. The van der Waals surface area contributed by atoms with Crippen molar-refractivity contribution in [1.82, 2.24) is 20.2 Å². The van der Waals surface area contributed by atoms with Gasteiger partial charge in [0.15, 0.2) is 5.82 Å². The van der Waals surface area contributed by atoms with E-state index in [-0.39, 0.29) is 5.56 Å². The molecule has 22 heavy (non-hydrogen) atoms. The summed E-state index contributed by atoms with van der Waals surface area (Å²) in [6, 6.07) is 10.6. The third-order valence-electron chi connectivity index (χ3n) is 2.96. The van der Waals surface area contributed by atoms with Crippen LogP contribution in [0, 0.1) is 0 Å². The van der Waals surface area contributed by atoms with Gasteiger partial charge in [0.1, 0.15) is 0 Å². The molecule has 0 amide bonds. The van der Waals surface area contributed by atoms with E-state index >= 15 is 0 Å². The van der Waals surface area contributed by atoms with Crippen LogP contribution in [0.2, 0.25) is 0 Å². The number of nitrogens with zero attached hydrogens (tertiary/aromatic N) is 3. The van der Waals surface area contributed by atoms with Gasteiger partial charge in [-0.15, -0.1) is 5.10 Å². The molecule has 6 nitrogen and oxygen atoms in total.